The number of carbonyl (C=O) groups excluding carboxylic acids is 1. The first-order chi connectivity index (χ1) is 9.06. The Kier molecular flexibility index (Phi) is 3.95. The van der Waals surface area contributed by atoms with Gasteiger partial charge in [-0.05, 0) is 36.6 Å². The van der Waals surface area contributed by atoms with Gasteiger partial charge in [0.1, 0.15) is 5.78 Å². The fourth-order valence-electron chi connectivity index (χ4n) is 2.00. The first kappa shape index (κ1) is 13.3. The third-order valence-electron chi connectivity index (χ3n) is 3.30. The number of benzene rings is 1. The molecule has 98 valence electrons. The van der Waals surface area contributed by atoms with E-state index in [0.717, 1.165) is 11.1 Å². The first-order valence-corrected chi connectivity index (χ1v) is 6.32. The van der Waals surface area contributed by atoms with Crippen LogP contribution in [0.25, 0.3) is 0 Å². The van der Waals surface area contributed by atoms with E-state index in [2.05, 4.69) is 31.0 Å². The minimum absolute atomic E-state index is 0.156. The highest BCUT2D eigenvalue weighted by Crippen LogP contribution is 2.14. The molecular weight excluding hydrogens is 236 g/mol. The molecule has 0 amide bonds. The van der Waals surface area contributed by atoms with Crippen LogP contribution in [-0.4, -0.2) is 10.8 Å². The highest BCUT2D eigenvalue weighted by atomic mass is 16.1. The Labute approximate surface area is 113 Å². The van der Waals surface area contributed by atoms with Crippen LogP contribution in [0.2, 0.25) is 0 Å². The summed E-state index contributed by atoms with van der Waals surface area (Å²) in [5, 5.41) is 0. The van der Waals surface area contributed by atoms with Crippen LogP contribution in [0.1, 0.15) is 22.3 Å². The zero-order valence-corrected chi connectivity index (χ0v) is 11.3. The summed E-state index contributed by atoms with van der Waals surface area (Å²) in [7, 11) is 0. The molecule has 1 aromatic heterocycles. The summed E-state index contributed by atoms with van der Waals surface area (Å²) in [5.41, 5.74) is 10.8. The molecule has 0 bridgehead atoms. The summed E-state index contributed by atoms with van der Waals surface area (Å²) >= 11 is 0. The van der Waals surface area contributed by atoms with Crippen molar-refractivity contribution in [1.82, 2.24) is 4.98 Å². The topological polar surface area (TPSA) is 56.0 Å². The standard InChI is InChI=1S/C16H18N2O/c1-11-3-4-13(7-12(11)2)8-15(19)9-14-10-18-6-5-16(14)17/h3-7,10H,8-9H2,1-2H3,(H2,17,18). The van der Waals surface area contributed by atoms with Gasteiger partial charge in [0.2, 0.25) is 0 Å². The van der Waals surface area contributed by atoms with E-state index in [0.29, 0.717) is 18.5 Å². The molecule has 0 unspecified atom stereocenters. The van der Waals surface area contributed by atoms with Crippen molar-refractivity contribution in [1.29, 1.82) is 0 Å². The molecule has 0 radical (unpaired) electrons. The Morgan fingerprint density at radius 2 is 1.95 bits per heavy atom. The van der Waals surface area contributed by atoms with Crippen LogP contribution in [0.3, 0.4) is 0 Å². The molecule has 0 saturated heterocycles. The quantitative estimate of drug-likeness (QED) is 0.912. The van der Waals surface area contributed by atoms with Gasteiger partial charge in [-0.15, -0.1) is 0 Å². The number of nitrogen functional groups attached to an aromatic ring is 1. The lowest BCUT2D eigenvalue weighted by molar-refractivity contribution is -0.117. The van der Waals surface area contributed by atoms with E-state index in [1.807, 2.05) is 6.07 Å². The lowest BCUT2D eigenvalue weighted by Crippen LogP contribution is -2.09. The smallest absolute Gasteiger partial charge is 0.141 e. The Hall–Kier alpha value is -2.16. The van der Waals surface area contributed by atoms with E-state index in [1.165, 1.54) is 11.1 Å². The maximum atomic E-state index is 12.0. The molecular formula is C16H18N2O. The van der Waals surface area contributed by atoms with Crippen molar-refractivity contribution in [3.05, 3.63) is 58.9 Å². The van der Waals surface area contributed by atoms with Crippen LogP contribution in [0.15, 0.2) is 36.7 Å². The van der Waals surface area contributed by atoms with E-state index < -0.39 is 0 Å². The SMILES string of the molecule is Cc1ccc(CC(=O)Cc2cnccc2N)cc1C. The molecule has 2 rings (SSSR count). The zero-order chi connectivity index (χ0) is 13.8. The number of ketones is 1. The summed E-state index contributed by atoms with van der Waals surface area (Å²) in [4.78, 5) is 16.0. The number of nitrogens with zero attached hydrogens (tertiary/aromatic N) is 1. The normalized spacial score (nSPS) is 10.4. The van der Waals surface area contributed by atoms with E-state index in [9.17, 15) is 4.79 Å². The number of carbonyl (C=O) groups is 1. The van der Waals surface area contributed by atoms with Crippen molar-refractivity contribution in [3.8, 4) is 0 Å². The summed E-state index contributed by atoms with van der Waals surface area (Å²) < 4.78 is 0. The first-order valence-electron chi connectivity index (χ1n) is 6.32. The van der Waals surface area contributed by atoms with Gasteiger partial charge in [-0.2, -0.15) is 0 Å². The highest BCUT2D eigenvalue weighted by molar-refractivity contribution is 5.84. The number of rotatable bonds is 4. The van der Waals surface area contributed by atoms with Crippen LogP contribution in [0.4, 0.5) is 5.69 Å². The van der Waals surface area contributed by atoms with Gasteiger partial charge in [0.15, 0.2) is 0 Å². The third-order valence-corrected chi connectivity index (χ3v) is 3.30. The van der Waals surface area contributed by atoms with Crippen molar-refractivity contribution in [2.45, 2.75) is 26.7 Å². The third kappa shape index (κ3) is 3.41. The number of pyridine rings is 1. The maximum absolute atomic E-state index is 12.0. The highest BCUT2D eigenvalue weighted by Gasteiger charge is 2.08. The molecule has 3 nitrogen and oxygen atoms in total. The van der Waals surface area contributed by atoms with Gasteiger partial charge >= 0.3 is 0 Å². The van der Waals surface area contributed by atoms with Crippen LogP contribution >= 0.6 is 0 Å². The maximum Gasteiger partial charge on any atom is 0.141 e. The van der Waals surface area contributed by atoms with Crippen molar-refractivity contribution in [2.24, 2.45) is 0 Å². The number of nitrogens with two attached hydrogens (primary N) is 1. The van der Waals surface area contributed by atoms with Crippen LogP contribution in [0.5, 0.6) is 0 Å². The second-order valence-corrected chi connectivity index (χ2v) is 4.89. The van der Waals surface area contributed by atoms with Gasteiger partial charge in [0.25, 0.3) is 0 Å². The summed E-state index contributed by atoms with van der Waals surface area (Å²) in [6.07, 6.45) is 4.07. The predicted octanol–water partition coefficient (Wildman–Crippen LogP) is 2.63. The van der Waals surface area contributed by atoms with Gasteiger partial charge in [0.05, 0.1) is 0 Å². The molecule has 0 fully saturated rings. The Morgan fingerprint density at radius 3 is 2.63 bits per heavy atom. The zero-order valence-electron chi connectivity index (χ0n) is 11.3. The number of aryl methyl sites for hydroxylation is 2. The average molecular weight is 254 g/mol. The van der Waals surface area contributed by atoms with E-state index in [-0.39, 0.29) is 5.78 Å². The molecule has 1 heterocycles. The molecule has 0 aliphatic carbocycles. The van der Waals surface area contributed by atoms with Gasteiger partial charge in [-0.25, -0.2) is 0 Å². The molecule has 3 heteroatoms. The summed E-state index contributed by atoms with van der Waals surface area (Å²) in [6, 6.07) is 7.85. The van der Waals surface area contributed by atoms with Crippen LogP contribution < -0.4 is 5.73 Å². The molecule has 2 N–H and O–H groups in total. The summed E-state index contributed by atoms with van der Waals surface area (Å²) in [5.74, 6) is 0.156. The molecule has 0 spiro atoms. The monoisotopic (exact) mass is 254 g/mol. The number of hydrogen-bond donors (Lipinski definition) is 1. The Morgan fingerprint density at radius 1 is 1.16 bits per heavy atom. The number of hydrogen-bond acceptors (Lipinski definition) is 3. The van der Waals surface area contributed by atoms with Crippen molar-refractivity contribution >= 4 is 11.5 Å². The van der Waals surface area contributed by atoms with Crippen molar-refractivity contribution in [2.75, 3.05) is 5.73 Å². The second kappa shape index (κ2) is 5.65. The Bertz CT molecular complexity index is 605. The van der Waals surface area contributed by atoms with Crippen LogP contribution in [0, 0.1) is 13.8 Å². The molecule has 0 aliphatic rings. The number of anilines is 1. The molecule has 0 saturated carbocycles. The van der Waals surface area contributed by atoms with Gasteiger partial charge < -0.3 is 5.73 Å². The summed E-state index contributed by atoms with van der Waals surface area (Å²) in [6.45, 7) is 4.12. The van der Waals surface area contributed by atoms with Crippen molar-refractivity contribution in [3.63, 3.8) is 0 Å². The number of Topliss-reactive ketones (excluding diaryl/α,β-unsaturated/α-hetero) is 1. The molecule has 0 aliphatic heterocycles. The van der Waals surface area contributed by atoms with Gasteiger partial charge in [-0.3, -0.25) is 9.78 Å². The van der Waals surface area contributed by atoms with Crippen LogP contribution in [-0.2, 0) is 17.6 Å². The van der Waals surface area contributed by atoms with E-state index in [1.54, 1.807) is 18.5 Å². The molecule has 2 aromatic rings. The molecule has 0 atom stereocenters. The molecule has 19 heavy (non-hydrogen) atoms. The Balaban J connectivity index is 2.05. The lowest BCUT2D eigenvalue weighted by atomic mass is 10.00. The number of aromatic nitrogens is 1. The largest absolute Gasteiger partial charge is 0.398 e. The average Bonchev–Trinajstić information content (AvgIpc) is 2.37. The van der Waals surface area contributed by atoms with Gasteiger partial charge in [-0.1, -0.05) is 18.2 Å². The lowest BCUT2D eigenvalue weighted by Gasteiger charge is -2.06. The minimum Gasteiger partial charge on any atom is -0.398 e. The second-order valence-electron chi connectivity index (χ2n) is 4.89. The van der Waals surface area contributed by atoms with E-state index >= 15 is 0 Å². The van der Waals surface area contributed by atoms with Crippen molar-refractivity contribution < 1.29 is 4.79 Å². The van der Waals surface area contributed by atoms with Gasteiger partial charge in [0, 0.05) is 36.5 Å². The fraction of sp³-hybridized carbons (Fsp3) is 0.250. The van der Waals surface area contributed by atoms with E-state index in [4.69, 9.17) is 5.73 Å². The fourth-order valence-corrected chi connectivity index (χ4v) is 2.00. The predicted molar refractivity (Wildman–Crippen MR) is 77.0 cm³/mol. The minimum atomic E-state index is 0.156. The molecule has 1 aromatic carbocycles.